The van der Waals surface area contributed by atoms with Crippen LogP contribution in [-0.4, -0.2) is 11.2 Å². The molecule has 1 amide bonds. The molecule has 1 heterocycles. The Kier molecular flexibility index (Phi) is 5.30. The number of hydrogen-bond acceptors (Lipinski definition) is 5. The van der Waals surface area contributed by atoms with Gasteiger partial charge in [-0.1, -0.05) is 5.16 Å². The van der Waals surface area contributed by atoms with Gasteiger partial charge < -0.3 is 19.7 Å². The van der Waals surface area contributed by atoms with Gasteiger partial charge in [0.05, 0.1) is 5.56 Å². The zero-order chi connectivity index (χ0) is 19.4. The molecule has 3 aromatic rings. The van der Waals surface area contributed by atoms with E-state index in [1.54, 1.807) is 30.3 Å². The number of halogens is 3. The first-order chi connectivity index (χ1) is 12.9. The summed E-state index contributed by atoms with van der Waals surface area (Å²) in [4.78, 5) is 10.6. The number of amides is 1. The van der Waals surface area contributed by atoms with Crippen molar-refractivity contribution in [2.75, 3.05) is 0 Å². The highest BCUT2D eigenvalue weighted by molar-refractivity contribution is 5.64. The zero-order valence-corrected chi connectivity index (χ0v) is 13.7. The Balaban J connectivity index is 1.65. The molecular weight excluding hydrogens is 365 g/mol. The molecule has 0 fully saturated rings. The summed E-state index contributed by atoms with van der Waals surface area (Å²) in [6, 6.07) is 9.21. The van der Waals surface area contributed by atoms with Gasteiger partial charge in [-0.3, -0.25) is 0 Å². The maximum absolute atomic E-state index is 13.6. The van der Waals surface area contributed by atoms with Gasteiger partial charge in [0.15, 0.2) is 12.4 Å². The van der Waals surface area contributed by atoms with Crippen molar-refractivity contribution < 1.29 is 32.0 Å². The number of nitrogens with zero attached hydrogens (tertiary/aromatic N) is 1. The summed E-state index contributed by atoms with van der Waals surface area (Å²) in [6.07, 6.45) is -0.927. The summed E-state index contributed by atoms with van der Waals surface area (Å²) in [6.45, 7) is -0.534. The van der Waals surface area contributed by atoms with Gasteiger partial charge >= 0.3 is 6.09 Å². The Labute approximate surface area is 151 Å². The zero-order valence-electron chi connectivity index (χ0n) is 13.7. The molecular formula is C18H13F3N2O4. The molecule has 140 valence electrons. The maximum atomic E-state index is 13.6. The first kappa shape index (κ1) is 18.3. The van der Waals surface area contributed by atoms with E-state index in [0.717, 1.165) is 0 Å². The Hall–Kier alpha value is -3.49. The fourth-order valence-corrected chi connectivity index (χ4v) is 2.25. The number of carbonyl (C=O) groups is 1. The first-order valence-corrected chi connectivity index (χ1v) is 7.67. The second-order valence-electron chi connectivity index (χ2n) is 5.45. The van der Waals surface area contributed by atoms with Crippen LogP contribution in [0.2, 0.25) is 0 Å². The molecule has 0 saturated heterocycles. The molecule has 2 N–H and O–H groups in total. The minimum atomic E-state index is -1.02. The van der Waals surface area contributed by atoms with E-state index in [-0.39, 0.29) is 12.2 Å². The molecule has 0 atom stereocenters. The van der Waals surface area contributed by atoms with E-state index in [0.29, 0.717) is 34.9 Å². The third kappa shape index (κ3) is 4.57. The van der Waals surface area contributed by atoms with E-state index >= 15 is 0 Å². The van der Waals surface area contributed by atoms with Crippen LogP contribution in [-0.2, 0) is 18.0 Å². The minimum absolute atomic E-state index is 0.141. The SMILES string of the molecule is NC(=O)OCc1cc(-c2ccc(OCc3c(F)cc(F)cc3F)cc2)no1. The van der Waals surface area contributed by atoms with Gasteiger partial charge in [0.1, 0.15) is 35.5 Å². The molecule has 6 nitrogen and oxygen atoms in total. The highest BCUT2D eigenvalue weighted by atomic mass is 19.1. The normalized spacial score (nSPS) is 10.6. The van der Waals surface area contributed by atoms with Crippen LogP contribution in [0.5, 0.6) is 5.75 Å². The Bertz CT molecular complexity index is 934. The van der Waals surface area contributed by atoms with E-state index in [1.807, 2.05) is 0 Å². The maximum Gasteiger partial charge on any atom is 0.404 e. The molecule has 0 saturated carbocycles. The van der Waals surface area contributed by atoms with Crippen molar-refractivity contribution in [1.29, 1.82) is 0 Å². The number of rotatable bonds is 6. The lowest BCUT2D eigenvalue weighted by molar-refractivity contribution is 0.137. The second-order valence-corrected chi connectivity index (χ2v) is 5.45. The third-order valence-corrected chi connectivity index (χ3v) is 3.55. The van der Waals surface area contributed by atoms with Crippen LogP contribution in [0.25, 0.3) is 11.3 Å². The van der Waals surface area contributed by atoms with Crippen LogP contribution in [0.1, 0.15) is 11.3 Å². The van der Waals surface area contributed by atoms with Crippen molar-refractivity contribution in [3.8, 4) is 17.0 Å². The van der Waals surface area contributed by atoms with Crippen molar-refractivity contribution in [2.24, 2.45) is 5.73 Å². The highest BCUT2D eigenvalue weighted by Crippen LogP contribution is 2.24. The minimum Gasteiger partial charge on any atom is -0.489 e. The summed E-state index contributed by atoms with van der Waals surface area (Å²) in [5.74, 6) is -2.37. The van der Waals surface area contributed by atoms with Gasteiger partial charge in [0.2, 0.25) is 0 Å². The lowest BCUT2D eigenvalue weighted by atomic mass is 10.1. The van der Waals surface area contributed by atoms with Crippen LogP contribution in [0, 0.1) is 17.5 Å². The van der Waals surface area contributed by atoms with Crippen molar-refractivity contribution in [2.45, 2.75) is 13.2 Å². The van der Waals surface area contributed by atoms with E-state index in [9.17, 15) is 18.0 Å². The van der Waals surface area contributed by atoms with Gasteiger partial charge in [-0.15, -0.1) is 0 Å². The number of hydrogen-bond donors (Lipinski definition) is 1. The lowest BCUT2D eigenvalue weighted by Crippen LogP contribution is -2.12. The summed E-state index contributed by atoms with van der Waals surface area (Å²) in [5, 5.41) is 3.84. The Morgan fingerprint density at radius 1 is 1.04 bits per heavy atom. The molecule has 0 aliphatic heterocycles. The number of carbonyl (C=O) groups excluding carboxylic acids is 1. The average molecular weight is 378 g/mol. The number of primary amides is 1. The van der Waals surface area contributed by atoms with Gasteiger partial charge in [0, 0.05) is 23.8 Å². The molecule has 9 heteroatoms. The molecule has 0 spiro atoms. The molecule has 2 aromatic carbocycles. The van der Waals surface area contributed by atoms with Gasteiger partial charge in [-0.2, -0.15) is 0 Å². The molecule has 0 aliphatic carbocycles. The van der Waals surface area contributed by atoms with E-state index < -0.39 is 30.2 Å². The Morgan fingerprint density at radius 2 is 1.70 bits per heavy atom. The predicted molar refractivity (Wildman–Crippen MR) is 87.0 cm³/mol. The monoisotopic (exact) mass is 378 g/mol. The number of ether oxygens (including phenoxy) is 2. The van der Waals surface area contributed by atoms with Gasteiger partial charge in [-0.05, 0) is 24.3 Å². The van der Waals surface area contributed by atoms with E-state index in [2.05, 4.69) is 9.89 Å². The quantitative estimate of drug-likeness (QED) is 0.702. The third-order valence-electron chi connectivity index (χ3n) is 3.55. The standard InChI is InChI=1S/C18H13F3N2O4/c19-11-5-15(20)14(16(21)6-11)9-25-12-3-1-10(2-4-12)17-7-13(27-23-17)8-26-18(22)24/h1-7H,8-9H2,(H2,22,24). The Morgan fingerprint density at radius 3 is 2.33 bits per heavy atom. The molecule has 27 heavy (non-hydrogen) atoms. The highest BCUT2D eigenvalue weighted by Gasteiger charge is 2.13. The smallest absolute Gasteiger partial charge is 0.404 e. The topological polar surface area (TPSA) is 87.6 Å². The number of benzene rings is 2. The summed E-state index contributed by atoms with van der Waals surface area (Å²) >= 11 is 0. The van der Waals surface area contributed by atoms with Crippen LogP contribution in [0.3, 0.4) is 0 Å². The van der Waals surface area contributed by atoms with Crippen molar-refractivity contribution in [3.63, 3.8) is 0 Å². The van der Waals surface area contributed by atoms with Crippen molar-refractivity contribution in [1.82, 2.24) is 5.16 Å². The first-order valence-electron chi connectivity index (χ1n) is 7.67. The second kappa shape index (κ2) is 7.81. The summed E-state index contributed by atoms with van der Waals surface area (Å²) in [7, 11) is 0. The largest absolute Gasteiger partial charge is 0.489 e. The van der Waals surface area contributed by atoms with Crippen molar-refractivity contribution >= 4 is 6.09 Å². The fraction of sp³-hybridized carbons (Fsp3) is 0.111. The van der Waals surface area contributed by atoms with Crippen LogP contribution in [0.4, 0.5) is 18.0 Å². The van der Waals surface area contributed by atoms with E-state index in [1.165, 1.54) is 0 Å². The molecule has 0 unspecified atom stereocenters. The van der Waals surface area contributed by atoms with Crippen LogP contribution >= 0.6 is 0 Å². The van der Waals surface area contributed by atoms with Gasteiger partial charge in [0.25, 0.3) is 0 Å². The molecule has 0 bridgehead atoms. The number of aromatic nitrogens is 1. The molecule has 3 rings (SSSR count). The van der Waals surface area contributed by atoms with Crippen LogP contribution in [0.15, 0.2) is 47.0 Å². The van der Waals surface area contributed by atoms with Crippen molar-refractivity contribution in [3.05, 3.63) is 71.2 Å². The summed E-state index contributed by atoms with van der Waals surface area (Å²) in [5.41, 5.74) is 5.67. The lowest BCUT2D eigenvalue weighted by Gasteiger charge is -2.08. The predicted octanol–water partition coefficient (Wildman–Crippen LogP) is 3.93. The summed E-state index contributed by atoms with van der Waals surface area (Å²) < 4.78 is 55.0. The van der Waals surface area contributed by atoms with Crippen LogP contribution < -0.4 is 10.5 Å². The van der Waals surface area contributed by atoms with E-state index in [4.69, 9.17) is 15.0 Å². The molecule has 1 aromatic heterocycles. The molecule has 0 aliphatic rings. The number of nitrogens with two attached hydrogens (primary N) is 1. The van der Waals surface area contributed by atoms with Gasteiger partial charge in [-0.25, -0.2) is 18.0 Å². The fourth-order valence-electron chi connectivity index (χ4n) is 2.25. The average Bonchev–Trinajstić information content (AvgIpc) is 3.08. The molecule has 0 radical (unpaired) electrons.